The maximum Gasteiger partial charge on any atom is 0.318 e. The van der Waals surface area contributed by atoms with Gasteiger partial charge in [0.1, 0.15) is 18.5 Å². The van der Waals surface area contributed by atoms with Crippen molar-refractivity contribution < 1.29 is 14.3 Å². The summed E-state index contributed by atoms with van der Waals surface area (Å²) in [6, 6.07) is 11.5. The third-order valence-electron chi connectivity index (χ3n) is 8.76. The van der Waals surface area contributed by atoms with Gasteiger partial charge in [0.15, 0.2) is 0 Å². The molecule has 2 saturated heterocycles. The van der Waals surface area contributed by atoms with Gasteiger partial charge < -0.3 is 29.5 Å². The number of fused-ring (bicyclic) bond motifs is 2. The zero-order valence-corrected chi connectivity index (χ0v) is 23.6. The Balaban J connectivity index is 1.29. The molecule has 216 valence electrons. The molecule has 2 aromatic rings. The maximum absolute atomic E-state index is 12.5. The highest BCUT2D eigenvalue weighted by molar-refractivity contribution is 5.87. The van der Waals surface area contributed by atoms with Crippen LogP contribution in [0.1, 0.15) is 36.1 Å². The molecule has 41 heavy (non-hydrogen) atoms. The zero-order chi connectivity index (χ0) is 28.2. The van der Waals surface area contributed by atoms with E-state index in [9.17, 15) is 10.1 Å². The number of nitrogens with zero attached hydrogens (tertiary/aromatic N) is 6. The first kappa shape index (κ1) is 27.5. The van der Waals surface area contributed by atoms with Gasteiger partial charge in [-0.25, -0.2) is 0 Å². The first-order chi connectivity index (χ1) is 20.1. The number of nitrogens with one attached hydrogen (secondary N) is 1. The third kappa shape index (κ3) is 5.88. The van der Waals surface area contributed by atoms with E-state index >= 15 is 0 Å². The predicted octanol–water partition coefficient (Wildman–Crippen LogP) is 2.27. The minimum absolute atomic E-state index is 0.0436. The van der Waals surface area contributed by atoms with E-state index in [1.54, 1.807) is 4.90 Å². The van der Waals surface area contributed by atoms with Crippen LogP contribution >= 0.6 is 0 Å². The molecule has 4 heterocycles. The van der Waals surface area contributed by atoms with E-state index in [4.69, 9.17) is 19.4 Å². The van der Waals surface area contributed by atoms with E-state index in [-0.39, 0.29) is 24.5 Å². The van der Waals surface area contributed by atoms with Crippen LogP contribution in [0, 0.1) is 11.3 Å². The lowest BCUT2D eigenvalue weighted by atomic mass is 9.88. The highest BCUT2D eigenvalue weighted by atomic mass is 16.5. The lowest BCUT2D eigenvalue weighted by Gasteiger charge is -2.43. The van der Waals surface area contributed by atoms with Gasteiger partial charge in [0, 0.05) is 63.0 Å². The number of carbonyl (C=O) groups excluding carboxylic acids is 1. The van der Waals surface area contributed by atoms with Crippen molar-refractivity contribution in [2.75, 3.05) is 62.3 Å². The van der Waals surface area contributed by atoms with Crippen LogP contribution < -0.4 is 19.9 Å². The Bertz CT molecular complexity index is 1310. The first-order valence-electron chi connectivity index (χ1n) is 14.9. The van der Waals surface area contributed by atoms with Crippen molar-refractivity contribution in [3.63, 3.8) is 0 Å². The summed E-state index contributed by atoms with van der Waals surface area (Å²) in [6.07, 6.45) is 6.56. The number of nitriles is 1. The van der Waals surface area contributed by atoms with Crippen LogP contribution in [0.3, 0.4) is 0 Å². The fourth-order valence-electron chi connectivity index (χ4n) is 6.72. The number of amides is 1. The Morgan fingerprint density at radius 2 is 2.15 bits per heavy atom. The molecule has 1 amide bonds. The molecule has 3 aliphatic heterocycles. The van der Waals surface area contributed by atoms with Crippen molar-refractivity contribution in [3.05, 3.63) is 53.7 Å². The van der Waals surface area contributed by atoms with E-state index in [0.29, 0.717) is 44.9 Å². The second kappa shape index (κ2) is 12.5. The van der Waals surface area contributed by atoms with Crippen LogP contribution in [0.4, 0.5) is 11.5 Å². The summed E-state index contributed by atoms with van der Waals surface area (Å²) in [5, 5.41) is 12.8. The molecule has 10 nitrogen and oxygen atoms in total. The number of hydrogen-bond donors (Lipinski definition) is 1. The number of hydrogen-bond acceptors (Lipinski definition) is 9. The van der Waals surface area contributed by atoms with Gasteiger partial charge in [-0.1, -0.05) is 24.8 Å². The molecule has 1 N–H and O–H groups in total. The van der Waals surface area contributed by atoms with Gasteiger partial charge >= 0.3 is 6.01 Å². The molecule has 10 heteroatoms. The van der Waals surface area contributed by atoms with Crippen LogP contribution in [0.2, 0.25) is 0 Å². The van der Waals surface area contributed by atoms with E-state index < -0.39 is 0 Å². The summed E-state index contributed by atoms with van der Waals surface area (Å²) in [4.78, 5) is 29.0. The van der Waals surface area contributed by atoms with Gasteiger partial charge in [0.05, 0.1) is 30.8 Å². The average Bonchev–Trinajstić information content (AvgIpc) is 3.03. The quantitative estimate of drug-likeness (QED) is 0.513. The number of benzene rings is 1. The van der Waals surface area contributed by atoms with Crippen LogP contribution in [-0.2, 0) is 28.8 Å². The molecule has 0 saturated carbocycles. The Morgan fingerprint density at radius 3 is 2.98 bits per heavy atom. The summed E-state index contributed by atoms with van der Waals surface area (Å²) in [6.45, 7) is 9.02. The summed E-state index contributed by atoms with van der Waals surface area (Å²) in [7, 11) is 0. The topological polar surface area (TPSA) is 107 Å². The van der Waals surface area contributed by atoms with Crippen molar-refractivity contribution in [1.82, 2.24) is 20.2 Å². The average molecular weight is 558 g/mol. The fraction of sp³-hybridized carbons (Fsp3) is 0.548. The van der Waals surface area contributed by atoms with Crippen molar-refractivity contribution >= 4 is 17.4 Å². The monoisotopic (exact) mass is 557 g/mol. The Morgan fingerprint density at radius 1 is 1.24 bits per heavy atom. The van der Waals surface area contributed by atoms with Gasteiger partial charge in [-0.05, 0) is 43.4 Å². The van der Waals surface area contributed by atoms with E-state index in [1.807, 2.05) is 0 Å². The van der Waals surface area contributed by atoms with Crippen molar-refractivity contribution in [2.24, 2.45) is 0 Å². The third-order valence-corrected chi connectivity index (χ3v) is 8.76. The number of aromatic nitrogens is 2. The van der Waals surface area contributed by atoms with Gasteiger partial charge in [-0.15, -0.1) is 0 Å². The number of carbonyl (C=O) groups is 1. The molecule has 3 atom stereocenters. The van der Waals surface area contributed by atoms with E-state index in [1.165, 1.54) is 17.3 Å². The van der Waals surface area contributed by atoms with E-state index in [0.717, 1.165) is 68.8 Å². The maximum atomic E-state index is 12.5. The molecule has 0 spiro atoms. The lowest BCUT2D eigenvalue weighted by Crippen LogP contribution is -2.55. The molecule has 1 aliphatic carbocycles. The van der Waals surface area contributed by atoms with Crippen LogP contribution in [0.5, 0.6) is 6.01 Å². The number of aryl methyl sites for hydroxylation is 1. The molecular formula is C31H39N7O3. The standard InChI is InChI=1S/C31H39N7O3/c1-2-29(39)38-16-15-36(20-24(38)11-12-32)30-26-10-9-23(37-14-5-7-22-6-3-4-8-28(22)37)18-27(26)34-31(35-30)41-21-25-19-33-13-17-40-25/h2-4,6,8,23-25,33H,1,5,7,9-11,13-21H2/t23?,24-,25+/m0/s1. The Hall–Kier alpha value is -3.68. The number of para-hydroxylation sites is 1. The zero-order valence-electron chi connectivity index (χ0n) is 23.6. The minimum atomic E-state index is -0.225. The minimum Gasteiger partial charge on any atom is -0.461 e. The second-order valence-electron chi connectivity index (χ2n) is 11.3. The van der Waals surface area contributed by atoms with Gasteiger partial charge in [0.25, 0.3) is 0 Å². The molecule has 2 fully saturated rings. The summed E-state index contributed by atoms with van der Waals surface area (Å²) in [5.74, 6) is 0.739. The molecule has 4 aliphatic rings. The largest absolute Gasteiger partial charge is 0.461 e. The summed E-state index contributed by atoms with van der Waals surface area (Å²) in [5.41, 5.74) is 4.97. The molecule has 1 unspecified atom stereocenters. The SMILES string of the molecule is C=CC(=O)N1CCN(c2nc(OC[C@H]3CNCCO3)nc3c2CCC(N2CCCc4ccccc42)C3)C[C@@H]1CC#N. The Labute approximate surface area is 241 Å². The van der Waals surface area contributed by atoms with Crippen molar-refractivity contribution in [3.8, 4) is 12.1 Å². The molecule has 6 rings (SSSR count). The molecule has 1 aromatic heterocycles. The van der Waals surface area contributed by atoms with E-state index in [2.05, 4.69) is 52.0 Å². The smallest absolute Gasteiger partial charge is 0.318 e. The fourth-order valence-corrected chi connectivity index (χ4v) is 6.72. The normalized spacial score (nSPS) is 24.2. The molecule has 0 radical (unpaired) electrons. The number of anilines is 2. The number of rotatable bonds is 7. The van der Waals surface area contributed by atoms with Crippen LogP contribution in [0.25, 0.3) is 0 Å². The predicted molar refractivity (Wildman–Crippen MR) is 156 cm³/mol. The second-order valence-corrected chi connectivity index (χ2v) is 11.3. The van der Waals surface area contributed by atoms with Gasteiger partial charge in [-0.3, -0.25) is 4.79 Å². The number of piperazine rings is 1. The summed E-state index contributed by atoms with van der Waals surface area (Å²) < 4.78 is 12.0. The lowest BCUT2D eigenvalue weighted by molar-refractivity contribution is -0.128. The van der Waals surface area contributed by atoms with Crippen molar-refractivity contribution in [2.45, 2.75) is 56.7 Å². The molecular weight excluding hydrogens is 518 g/mol. The highest BCUT2D eigenvalue weighted by Crippen LogP contribution is 2.36. The van der Waals surface area contributed by atoms with Crippen molar-refractivity contribution in [1.29, 1.82) is 5.26 Å². The summed E-state index contributed by atoms with van der Waals surface area (Å²) >= 11 is 0. The van der Waals surface area contributed by atoms with Crippen LogP contribution in [0.15, 0.2) is 36.9 Å². The van der Waals surface area contributed by atoms with Gasteiger partial charge in [-0.2, -0.15) is 15.2 Å². The van der Waals surface area contributed by atoms with Gasteiger partial charge in [0.2, 0.25) is 5.91 Å². The van der Waals surface area contributed by atoms with Crippen LogP contribution in [-0.4, -0.2) is 91.4 Å². The number of morpholine rings is 1. The number of ether oxygens (including phenoxy) is 2. The molecule has 0 bridgehead atoms. The Kier molecular flexibility index (Phi) is 8.35. The first-order valence-corrected chi connectivity index (χ1v) is 14.9. The molecule has 1 aromatic carbocycles. The highest BCUT2D eigenvalue weighted by Gasteiger charge is 2.35.